The van der Waals surface area contributed by atoms with Gasteiger partial charge in [-0.3, -0.25) is 0 Å². The molecule has 0 atom stereocenters. The van der Waals surface area contributed by atoms with Gasteiger partial charge in [0.25, 0.3) is 0 Å². The lowest BCUT2D eigenvalue weighted by atomic mass is 10.4. The maximum absolute atomic E-state index is 11.8. The summed E-state index contributed by atoms with van der Waals surface area (Å²) in [4.78, 5) is 0.124. The normalized spacial score (nSPS) is 18.4. The molecule has 15 heavy (non-hydrogen) atoms. The van der Waals surface area contributed by atoms with E-state index in [1.807, 2.05) is 0 Å². The van der Waals surface area contributed by atoms with E-state index in [-0.39, 0.29) is 17.3 Å². The molecule has 8 heteroatoms. The van der Waals surface area contributed by atoms with E-state index in [1.165, 1.54) is 10.5 Å². The van der Waals surface area contributed by atoms with Gasteiger partial charge in [0.2, 0.25) is 10.0 Å². The zero-order valence-corrected chi connectivity index (χ0v) is 9.55. The van der Waals surface area contributed by atoms with Crippen LogP contribution < -0.4 is 5.32 Å². The van der Waals surface area contributed by atoms with Crippen LogP contribution in [0.25, 0.3) is 0 Å². The number of halogens is 1. The van der Waals surface area contributed by atoms with Gasteiger partial charge in [-0.1, -0.05) is 5.16 Å². The molecular formula is C7H12ClN3O3S. The topological polar surface area (TPSA) is 75.4 Å². The quantitative estimate of drug-likeness (QED) is 0.783. The van der Waals surface area contributed by atoms with Gasteiger partial charge in [0, 0.05) is 26.2 Å². The van der Waals surface area contributed by atoms with Crippen LogP contribution in [-0.4, -0.2) is 44.1 Å². The van der Waals surface area contributed by atoms with Gasteiger partial charge in [0.15, 0.2) is 0 Å². The number of aromatic nitrogens is 1. The van der Waals surface area contributed by atoms with E-state index in [1.54, 1.807) is 0 Å². The molecule has 0 amide bonds. The van der Waals surface area contributed by atoms with Crippen molar-refractivity contribution in [3.63, 3.8) is 0 Å². The van der Waals surface area contributed by atoms with Crippen LogP contribution in [0.4, 0.5) is 0 Å². The van der Waals surface area contributed by atoms with Crippen LogP contribution in [0.2, 0.25) is 0 Å². The number of piperazine rings is 1. The summed E-state index contributed by atoms with van der Waals surface area (Å²) in [7, 11) is -3.38. The molecule has 1 aromatic heterocycles. The van der Waals surface area contributed by atoms with Crippen LogP contribution in [0.1, 0.15) is 0 Å². The van der Waals surface area contributed by atoms with Crippen LogP contribution in [-0.2, 0) is 10.0 Å². The van der Waals surface area contributed by atoms with Crippen molar-refractivity contribution in [1.29, 1.82) is 0 Å². The first-order chi connectivity index (χ1) is 6.71. The van der Waals surface area contributed by atoms with Gasteiger partial charge in [0.05, 0.1) is 6.20 Å². The highest BCUT2D eigenvalue weighted by Crippen LogP contribution is 2.14. The van der Waals surface area contributed by atoms with E-state index in [0.717, 1.165) is 6.26 Å². The molecule has 1 aromatic rings. The number of rotatable bonds is 2. The van der Waals surface area contributed by atoms with Crippen molar-refractivity contribution in [3.8, 4) is 0 Å². The Hall–Kier alpha value is -0.630. The fourth-order valence-corrected chi connectivity index (χ4v) is 2.66. The molecule has 1 aliphatic rings. The van der Waals surface area contributed by atoms with Crippen LogP contribution in [0, 0.1) is 0 Å². The number of nitrogens with one attached hydrogen (secondary N) is 1. The Morgan fingerprint density at radius 2 is 2.07 bits per heavy atom. The molecular weight excluding hydrogens is 242 g/mol. The van der Waals surface area contributed by atoms with E-state index >= 15 is 0 Å². The van der Waals surface area contributed by atoms with Crippen molar-refractivity contribution < 1.29 is 12.9 Å². The third-order valence-electron chi connectivity index (χ3n) is 2.12. The van der Waals surface area contributed by atoms with Crippen molar-refractivity contribution >= 4 is 22.4 Å². The fourth-order valence-electron chi connectivity index (χ4n) is 1.36. The van der Waals surface area contributed by atoms with E-state index in [2.05, 4.69) is 15.0 Å². The van der Waals surface area contributed by atoms with Crippen molar-refractivity contribution in [2.75, 3.05) is 26.2 Å². The minimum Gasteiger partial charge on any atom is -0.363 e. The number of hydrogen-bond acceptors (Lipinski definition) is 5. The fraction of sp³-hybridized carbons (Fsp3) is 0.571. The lowest BCUT2D eigenvalue weighted by Crippen LogP contribution is -2.46. The molecule has 6 nitrogen and oxygen atoms in total. The summed E-state index contributed by atoms with van der Waals surface area (Å²) in [6.45, 7) is 2.36. The van der Waals surface area contributed by atoms with Gasteiger partial charge in [0.1, 0.15) is 11.2 Å². The number of sulfonamides is 1. The van der Waals surface area contributed by atoms with Gasteiger partial charge >= 0.3 is 0 Å². The van der Waals surface area contributed by atoms with Crippen molar-refractivity contribution in [1.82, 2.24) is 14.8 Å². The van der Waals surface area contributed by atoms with Crippen LogP contribution in [0.3, 0.4) is 0 Å². The summed E-state index contributed by atoms with van der Waals surface area (Å²) in [6.07, 6.45) is 2.37. The number of hydrogen-bond donors (Lipinski definition) is 1. The summed E-state index contributed by atoms with van der Waals surface area (Å²) in [6, 6.07) is 0. The second kappa shape index (κ2) is 4.93. The Morgan fingerprint density at radius 3 is 2.60 bits per heavy atom. The maximum atomic E-state index is 11.8. The molecule has 0 saturated carbocycles. The van der Waals surface area contributed by atoms with Crippen LogP contribution >= 0.6 is 12.4 Å². The molecule has 0 spiro atoms. The smallest absolute Gasteiger partial charge is 0.248 e. The highest BCUT2D eigenvalue weighted by Gasteiger charge is 2.26. The van der Waals surface area contributed by atoms with E-state index in [0.29, 0.717) is 26.2 Å². The molecule has 1 fully saturated rings. The second-order valence-electron chi connectivity index (χ2n) is 3.01. The van der Waals surface area contributed by atoms with Gasteiger partial charge in [-0.2, -0.15) is 4.31 Å². The highest BCUT2D eigenvalue weighted by atomic mass is 35.5. The SMILES string of the molecule is Cl.O=S(=O)(c1cnoc1)N1CCNCC1. The monoisotopic (exact) mass is 253 g/mol. The van der Waals surface area contributed by atoms with Crippen molar-refractivity contribution in [2.24, 2.45) is 0 Å². The molecule has 0 bridgehead atoms. The largest absolute Gasteiger partial charge is 0.363 e. The third kappa shape index (κ3) is 2.49. The first kappa shape index (κ1) is 12.4. The Labute approximate surface area is 94.1 Å². The minimum absolute atomic E-state index is 0. The standard InChI is InChI=1S/C7H11N3O3S.ClH/c11-14(12,7-5-9-13-6-7)10-3-1-8-2-4-10;/h5-6,8H,1-4H2;1H. The molecule has 1 saturated heterocycles. The predicted octanol–water partition coefficient (Wildman–Crippen LogP) is -0.310. The summed E-state index contributed by atoms with van der Waals surface area (Å²) >= 11 is 0. The molecule has 2 heterocycles. The first-order valence-corrected chi connectivity index (χ1v) is 5.75. The van der Waals surface area contributed by atoms with E-state index in [4.69, 9.17) is 0 Å². The van der Waals surface area contributed by atoms with Gasteiger partial charge < -0.3 is 9.84 Å². The molecule has 86 valence electrons. The highest BCUT2D eigenvalue weighted by molar-refractivity contribution is 7.89. The minimum atomic E-state index is -3.38. The van der Waals surface area contributed by atoms with Crippen LogP contribution in [0.5, 0.6) is 0 Å². The molecule has 0 unspecified atom stereocenters. The Morgan fingerprint density at radius 1 is 1.40 bits per heavy atom. The molecule has 0 aromatic carbocycles. The molecule has 0 radical (unpaired) electrons. The Kier molecular flexibility index (Phi) is 4.09. The zero-order valence-electron chi connectivity index (χ0n) is 7.92. The molecule has 2 rings (SSSR count). The molecule has 1 N–H and O–H groups in total. The summed E-state index contributed by atoms with van der Waals surface area (Å²) in [5.74, 6) is 0. The maximum Gasteiger partial charge on any atom is 0.248 e. The number of nitrogens with zero attached hydrogens (tertiary/aromatic N) is 2. The Bertz CT molecular complexity index is 386. The first-order valence-electron chi connectivity index (χ1n) is 4.31. The molecule has 1 aliphatic heterocycles. The average molecular weight is 254 g/mol. The predicted molar refractivity (Wildman–Crippen MR) is 55.4 cm³/mol. The second-order valence-corrected chi connectivity index (χ2v) is 4.95. The van der Waals surface area contributed by atoms with Gasteiger partial charge in [-0.25, -0.2) is 8.42 Å². The third-order valence-corrected chi connectivity index (χ3v) is 3.97. The summed E-state index contributed by atoms with van der Waals surface area (Å²) < 4.78 is 29.6. The van der Waals surface area contributed by atoms with Crippen molar-refractivity contribution in [3.05, 3.63) is 12.5 Å². The van der Waals surface area contributed by atoms with E-state index < -0.39 is 10.0 Å². The Balaban J connectivity index is 0.00000112. The van der Waals surface area contributed by atoms with Gasteiger partial charge in [-0.15, -0.1) is 12.4 Å². The summed E-state index contributed by atoms with van der Waals surface area (Å²) in [5.41, 5.74) is 0. The van der Waals surface area contributed by atoms with Crippen LogP contribution in [0.15, 0.2) is 21.9 Å². The lowest BCUT2D eigenvalue weighted by Gasteiger charge is -2.25. The average Bonchev–Trinajstić information content (AvgIpc) is 2.72. The van der Waals surface area contributed by atoms with Gasteiger partial charge in [-0.05, 0) is 0 Å². The lowest BCUT2D eigenvalue weighted by molar-refractivity contribution is 0.359. The van der Waals surface area contributed by atoms with E-state index in [9.17, 15) is 8.42 Å². The zero-order chi connectivity index (χ0) is 10.0. The summed E-state index contributed by atoms with van der Waals surface area (Å²) in [5, 5.41) is 6.47. The van der Waals surface area contributed by atoms with Crippen molar-refractivity contribution in [2.45, 2.75) is 4.90 Å². The molecule has 0 aliphatic carbocycles.